The Hall–Kier alpha value is -3.02. The van der Waals surface area contributed by atoms with Gasteiger partial charge in [-0.1, -0.05) is 0 Å². The molecule has 0 bridgehead atoms. The summed E-state index contributed by atoms with van der Waals surface area (Å²) in [5, 5.41) is 8.39. The smallest absolute Gasteiger partial charge is 0.214 e. The standard InChI is InChI=1S/C17H16N4O2/c1-11-9-14(20-8-4-7-18-20)5-6-15(11)21-10-12(2)17(23)16(19-21)13(3)22/h4-10H,1-3H3. The van der Waals surface area contributed by atoms with Crippen molar-refractivity contribution in [1.29, 1.82) is 0 Å². The number of aromatic nitrogens is 4. The minimum Gasteiger partial charge on any atom is -0.293 e. The molecule has 6 heteroatoms. The molecule has 0 N–H and O–H groups in total. The van der Waals surface area contributed by atoms with Gasteiger partial charge >= 0.3 is 0 Å². The first-order valence-corrected chi connectivity index (χ1v) is 7.20. The summed E-state index contributed by atoms with van der Waals surface area (Å²) in [5.74, 6) is -0.335. The number of carbonyl (C=O) groups is 1. The molecule has 0 unspecified atom stereocenters. The van der Waals surface area contributed by atoms with Crippen LogP contribution in [0.25, 0.3) is 11.4 Å². The lowest BCUT2D eigenvalue weighted by Crippen LogP contribution is -2.22. The van der Waals surface area contributed by atoms with Crippen LogP contribution in [0.15, 0.2) is 47.7 Å². The fourth-order valence-electron chi connectivity index (χ4n) is 2.43. The van der Waals surface area contributed by atoms with Crippen molar-refractivity contribution in [2.75, 3.05) is 0 Å². The van der Waals surface area contributed by atoms with E-state index in [1.165, 1.54) is 6.92 Å². The third-order valence-electron chi connectivity index (χ3n) is 3.63. The van der Waals surface area contributed by atoms with Gasteiger partial charge in [-0.3, -0.25) is 9.59 Å². The molecule has 1 aromatic carbocycles. The first kappa shape index (κ1) is 14.9. The molecule has 0 aliphatic carbocycles. The van der Waals surface area contributed by atoms with Crippen molar-refractivity contribution in [3.05, 3.63) is 69.9 Å². The predicted octanol–water partition coefficient (Wildman–Crippen LogP) is 2.24. The number of Topliss-reactive ketones (excluding diaryl/α,β-unsaturated/α-hetero) is 1. The summed E-state index contributed by atoms with van der Waals surface area (Å²) in [4.78, 5) is 23.6. The zero-order valence-electron chi connectivity index (χ0n) is 13.1. The van der Waals surface area contributed by atoms with Gasteiger partial charge in [0.1, 0.15) is 0 Å². The zero-order valence-corrected chi connectivity index (χ0v) is 13.1. The molecule has 0 aliphatic rings. The second-order valence-corrected chi connectivity index (χ2v) is 5.41. The minimum atomic E-state index is -0.335. The highest BCUT2D eigenvalue weighted by Gasteiger charge is 2.13. The molecule has 0 atom stereocenters. The maximum Gasteiger partial charge on any atom is 0.214 e. The molecule has 6 nitrogen and oxygen atoms in total. The molecule has 0 spiro atoms. The highest BCUT2D eigenvalue weighted by Crippen LogP contribution is 2.17. The summed E-state index contributed by atoms with van der Waals surface area (Å²) in [6.45, 7) is 4.98. The van der Waals surface area contributed by atoms with Gasteiger partial charge in [-0.25, -0.2) is 9.36 Å². The minimum absolute atomic E-state index is 0.0412. The monoisotopic (exact) mass is 308 g/mol. The second-order valence-electron chi connectivity index (χ2n) is 5.41. The lowest BCUT2D eigenvalue weighted by molar-refractivity contribution is 0.101. The van der Waals surface area contributed by atoms with Gasteiger partial charge in [-0.05, 0) is 43.7 Å². The van der Waals surface area contributed by atoms with Crippen LogP contribution in [0, 0.1) is 13.8 Å². The van der Waals surface area contributed by atoms with Crippen molar-refractivity contribution >= 4 is 5.78 Å². The summed E-state index contributed by atoms with van der Waals surface area (Å²) < 4.78 is 3.34. The van der Waals surface area contributed by atoms with E-state index in [-0.39, 0.29) is 16.9 Å². The van der Waals surface area contributed by atoms with Crippen molar-refractivity contribution < 1.29 is 4.79 Å². The number of hydrogen-bond acceptors (Lipinski definition) is 4. The van der Waals surface area contributed by atoms with E-state index in [0.29, 0.717) is 5.56 Å². The van der Waals surface area contributed by atoms with E-state index in [1.54, 1.807) is 28.7 Å². The van der Waals surface area contributed by atoms with Gasteiger partial charge in [-0.15, -0.1) is 0 Å². The van der Waals surface area contributed by atoms with E-state index >= 15 is 0 Å². The highest BCUT2D eigenvalue weighted by atomic mass is 16.1. The normalized spacial score (nSPS) is 10.7. The lowest BCUT2D eigenvalue weighted by atomic mass is 10.1. The number of ketones is 1. The van der Waals surface area contributed by atoms with Crippen LogP contribution in [0.2, 0.25) is 0 Å². The summed E-state index contributed by atoms with van der Waals surface area (Å²) in [6, 6.07) is 7.64. The van der Waals surface area contributed by atoms with Gasteiger partial charge in [0, 0.05) is 31.1 Å². The molecule has 0 amide bonds. The summed E-state index contributed by atoms with van der Waals surface area (Å²) >= 11 is 0. The van der Waals surface area contributed by atoms with Gasteiger partial charge in [0.2, 0.25) is 5.43 Å². The van der Waals surface area contributed by atoms with Crippen LogP contribution in [0.4, 0.5) is 0 Å². The first-order valence-electron chi connectivity index (χ1n) is 7.20. The fourth-order valence-corrected chi connectivity index (χ4v) is 2.43. The predicted molar refractivity (Wildman–Crippen MR) is 86.4 cm³/mol. The van der Waals surface area contributed by atoms with Crippen molar-refractivity contribution in [3.63, 3.8) is 0 Å². The molecule has 3 aromatic rings. The molecule has 3 rings (SSSR count). The Morgan fingerprint density at radius 3 is 2.52 bits per heavy atom. The SMILES string of the molecule is CC(=O)c1nn(-c2ccc(-n3cccn3)cc2C)cc(C)c1=O. The molecule has 0 fully saturated rings. The van der Waals surface area contributed by atoms with Gasteiger partial charge in [-0.2, -0.15) is 10.2 Å². The largest absolute Gasteiger partial charge is 0.293 e. The van der Waals surface area contributed by atoms with Crippen LogP contribution in [-0.4, -0.2) is 25.3 Å². The van der Waals surface area contributed by atoms with Crippen molar-refractivity contribution in [1.82, 2.24) is 19.6 Å². The van der Waals surface area contributed by atoms with Crippen molar-refractivity contribution in [2.24, 2.45) is 0 Å². The van der Waals surface area contributed by atoms with E-state index in [4.69, 9.17) is 0 Å². The Labute approximate surface area is 133 Å². The summed E-state index contributed by atoms with van der Waals surface area (Å²) in [7, 11) is 0. The maximum absolute atomic E-state index is 12.0. The Kier molecular flexibility index (Phi) is 3.65. The summed E-state index contributed by atoms with van der Waals surface area (Å²) in [6.07, 6.45) is 5.23. The van der Waals surface area contributed by atoms with Gasteiger partial charge in [0.05, 0.1) is 11.4 Å². The number of nitrogens with zero attached hydrogens (tertiary/aromatic N) is 4. The van der Waals surface area contributed by atoms with Crippen LogP contribution in [0.5, 0.6) is 0 Å². The molecule has 0 saturated heterocycles. The third-order valence-corrected chi connectivity index (χ3v) is 3.63. The van der Waals surface area contributed by atoms with Crippen LogP contribution in [0.1, 0.15) is 28.5 Å². The number of benzene rings is 1. The fraction of sp³-hybridized carbons (Fsp3) is 0.176. The quantitative estimate of drug-likeness (QED) is 0.696. The molecular formula is C17H16N4O2. The topological polar surface area (TPSA) is 69.8 Å². The van der Waals surface area contributed by atoms with Crippen molar-refractivity contribution in [3.8, 4) is 11.4 Å². The lowest BCUT2D eigenvalue weighted by Gasteiger charge is -2.12. The van der Waals surface area contributed by atoms with E-state index in [9.17, 15) is 9.59 Å². The Bertz CT molecular complexity index is 940. The van der Waals surface area contributed by atoms with Crippen LogP contribution in [-0.2, 0) is 0 Å². The van der Waals surface area contributed by atoms with Crippen LogP contribution in [0.3, 0.4) is 0 Å². The van der Waals surface area contributed by atoms with Gasteiger partial charge in [0.15, 0.2) is 11.5 Å². The number of aryl methyl sites for hydroxylation is 2. The van der Waals surface area contributed by atoms with E-state index in [2.05, 4.69) is 10.2 Å². The molecule has 2 heterocycles. The number of hydrogen-bond donors (Lipinski definition) is 0. The van der Waals surface area contributed by atoms with E-state index in [0.717, 1.165) is 16.9 Å². The van der Waals surface area contributed by atoms with Crippen LogP contribution >= 0.6 is 0 Å². The molecule has 23 heavy (non-hydrogen) atoms. The number of carbonyl (C=O) groups excluding carboxylic acids is 1. The first-order chi connectivity index (χ1) is 11.0. The zero-order chi connectivity index (χ0) is 16.6. The molecule has 0 radical (unpaired) electrons. The molecular weight excluding hydrogens is 292 g/mol. The van der Waals surface area contributed by atoms with Gasteiger partial charge in [0.25, 0.3) is 0 Å². The highest BCUT2D eigenvalue weighted by molar-refractivity contribution is 5.91. The number of rotatable bonds is 3. The Morgan fingerprint density at radius 2 is 1.91 bits per heavy atom. The second kappa shape index (κ2) is 5.64. The molecule has 0 saturated carbocycles. The Morgan fingerprint density at radius 1 is 1.13 bits per heavy atom. The van der Waals surface area contributed by atoms with Gasteiger partial charge < -0.3 is 0 Å². The maximum atomic E-state index is 12.0. The Balaban J connectivity index is 2.13. The van der Waals surface area contributed by atoms with E-state index in [1.807, 2.05) is 37.4 Å². The van der Waals surface area contributed by atoms with Crippen LogP contribution < -0.4 is 5.43 Å². The van der Waals surface area contributed by atoms with E-state index < -0.39 is 0 Å². The average molecular weight is 308 g/mol. The molecule has 0 aliphatic heterocycles. The average Bonchev–Trinajstić information content (AvgIpc) is 3.04. The molecule has 116 valence electrons. The third kappa shape index (κ3) is 2.70. The molecule has 2 aromatic heterocycles. The summed E-state index contributed by atoms with van der Waals surface area (Å²) in [5.41, 5.74) is 2.83. The van der Waals surface area contributed by atoms with Crippen molar-refractivity contribution in [2.45, 2.75) is 20.8 Å².